The second-order valence-electron chi connectivity index (χ2n) is 4.28. The molecule has 2 rings (SSSR count). The topological polar surface area (TPSA) is 81.6 Å². The lowest BCUT2D eigenvalue weighted by molar-refractivity contribution is -0.145. The molecule has 0 saturated carbocycles. The van der Waals surface area contributed by atoms with Gasteiger partial charge in [-0.25, -0.2) is 4.79 Å². The molecule has 1 saturated heterocycles. The van der Waals surface area contributed by atoms with Crippen LogP contribution >= 0.6 is 11.5 Å². The SMILES string of the molecule is COC(=O)[C@@H]1C[C@@H](OC)CN1C(=O)c1snnc1C. The first kappa shape index (κ1) is 13.9. The Morgan fingerprint density at radius 2 is 2.16 bits per heavy atom. The molecule has 7 nitrogen and oxygen atoms in total. The van der Waals surface area contributed by atoms with E-state index in [1.54, 1.807) is 14.0 Å². The molecule has 2 heterocycles. The lowest BCUT2D eigenvalue weighted by Crippen LogP contribution is -2.41. The van der Waals surface area contributed by atoms with E-state index in [0.717, 1.165) is 11.5 Å². The molecule has 1 amide bonds. The van der Waals surface area contributed by atoms with E-state index in [-0.39, 0.29) is 12.0 Å². The van der Waals surface area contributed by atoms with Gasteiger partial charge >= 0.3 is 5.97 Å². The number of aromatic nitrogens is 2. The molecule has 1 fully saturated rings. The van der Waals surface area contributed by atoms with E-state index >= 15 is 0 Å². The van der Waals surface area contributed by atoms with Gasteiger partial charge < -0.3 is 14.4 Å². The first-order valence-electron chi connectivity index (χ1n) is 5.79. The maximum Gasteiger partial charge on any atom is 0.328 e. The average molecular weight is 285 g/mol. The number of ether oxygens (including phenoxy) is 2. The van der Waals surface area contributed by atoms with Crippen molar-refractivity contribution in [3.05, 3.63) is 10.6 Å². The number of nitrogens with zero attached hydrogens (tertiary/aromatic N) is 3. The molecule has 0 spiro atoms. The fourth-order valence-corrected chi connectivity index (χ4v) is 2.72. The predicted molar refractivity (Wildman–Crippen MR) is 66.9 cm³/mol. The van der Waals surface area contributed by atoms with Crippen molar-refractivity contribution in [2.75, 3.05) is 20.8 Å². The Morgan fingerprint density at radius 1 is 1.42 bits per heavy atom. The van der Waals surface area contributed by atoms with Crippen molar-refractivity contribution >= 4 is 23.4 Å². The average Bonchev–Trinajstić information content (AvgIpc) is 3.03. The van der Waals surface area contributed by atoms with Crippen molar-refractivity contribution in [3.8, 4) is 0 Å². The molecule has 2 atom stereocenters. The minimum atomic E-state index is -0.607. The Bertz CT molecular complexity index is 490. The highest BCUT2D eigenvalue weighted by molar-refractivity contribution is 7.07. The summed E-state index contributed by atoms with van der Waals surface area (Å²) in [7, 11) is 2.87. The van der Waals surface area contributed by atoms with Crippen molar-refractivity contribution in [1.29, 1.82) is 0 Å². The van der Waals surface area contributed by atoms with Crippen LogP contribution in [0.25, 0.3) is 0 Å². The van der Waals surface area contributed by atoms with Gasteiger partial charge in [-0.15, -0.1) is 5.10 Å². The van der Waals surface area contributed by atoms with E-state index in [1.165, 1.54) is 12.0 Å². The fourth-order valence-electron chi connectivity index (χ4n) is 2.11. The number of carbonyl (C=O) groups is 2. The highest BCUT2D eigenvalue weighted by Crippen LogP contribution is 2.25. The zero-order valence-corrected chi connectivity index (χ0v) is 11.8. The van der Waals surface area contributed by atoms with Crippen LogP contribution in [0.4, 0.5) is 0 Å². The van der Waals surface area contributed by atoms with Crippen LogP contribution in [-0.2, 0) is 14.3 Å². The summed E-state index contributed by atoms with van der Waals surface area (Å²) in [4.78, 5) is 26.1. The molecule has 0 radical (unpaired) electrons. The summed E-state index contributed by atoms with van der Waals surface area (Å²) in [6.07, 6.45) is 0.287. The van der Waals surface area contributed by atoms with Gasteiger partial charge in [-0.1, -0.05) is 4.49 Å². The largest absolute Gasteiger partial charge is 0.467 e. The standard InChI is InChI=1S/C11H15N3O4S/c1-6-9(19-13-12-6)10(15)14-5-7(17-2)4-8(14)11(16)18-3/h7-8H,4-5H2,1-3H3/t7-,8+/m1/s1. The summed E-state index contributed by atoms with van der Waals surface area (Å²) in [5, 5.41) is 3.81. The first-order valence-corrected chi connectivity index (χ1v) is 6.56. The first-order chi connectivity index (χ1) is 9.08. The summed E-state index contributed by atoms with van der Waals surface area (Å²) in [5.74, 6) is -0.675. The molecular weight excluding hydrogens is 270 g/mol. The van der Waals surface area contributed by atoms with Crippen molar-refractivity contribution < 1.29 is 19.1 Å². The minimum absolute atomic E-state index is 0.158. The molecule has 0 bridgehead atoms. The number of esters is 1. The van der Waals surface area contributed by atoms with E-state index < -0.39 is 12.0 Å². The Kier molecular flexibility index (Phi) is 4.11. The lowest BCUT2D eigenvalue weighted by Gasteiger charge is -2.21. The van der Waals surface area contributed by atoms with Gasteiger partial charge in [-0.3, -0.25) is 4.79 Å². The third-order valence-electron chi connectivity index (χ3n) is 3.18. The molecule has 0 unspecified atom stereocenters. The van der Waals surface area contributed by atoms with Crippen molar-refractivity contribution in [2.45, 2.75) is 25.5 Å². The molecular formula is C11H15N3O4S. The molecule has 19 heavy (non-hydrogen) atoms. The predicted octanol–water partition coefficient (Wildman–Crippen LogP) is 0.249. The smallest absolute Gasteiger partial charge is 0.328 e. The third-order valence-corrected chi connectivity index (χ3v) is 3.99. The van der Waals surface area contributed by atoms with Crippen LogP contribution in [0.2, 0.25) is 0 Å². The van der Waals surface area contributed by atoms with E-state index in [0.29, 0.717) is 23.5 Å². The number of carbonyl (C=O) groups excluding carboxylic acids is 2. The number of aryl methyl sites for hydroxylation is 1. The maximum absolute atomic E-state index is 12.4. The summed E-state index contributed by atoms with van der Waals surface area (Å²) >= 11 is 1.03. The molecule has 0 aromatic carbocycles. The molecule has 104 valence electrons. The van der Waals surface area contributed by atoms with E-state index in [9.17, 15) is 9.59 Å². The maximum atomic E-state index is 12.4. The van der Waals surface area contributed by atoms with Crippen molar-refractivity contribution in [3.63, 3.8) is 0 Å². The van der Waals surface area contributed by atoms with Crippen LogP contribution in [0.1, 0.15) is 21.8 Å². The van der Waals surface area contributed by atoms with Crippen LogP contribution in [0.15, 0.2) is 0 Å². The summed E-state index contributed by atoms with van der Waals surface area (Å²) in [6.45, 7) is 2.08. The molecule has 8 heteroatoms. The highest BCUT2D eigenvalue weighted by atomic mass is 32.1. The van der Waals surface area contributed by atoms with Gasteiger partial charge in [-0.05, 0) is 18.5 Å². The Morgan fingerprint density at radius 3 is 2.68 bits per heavy atom. The number of amides is 1. The normalized spacial score (nSPS) is 22.6. The molecule has 0 N–H and O–H groups in total. The second kappa shape index (κ2) is 5.62. The van der Waals surface area contributed by atoms with Gasteiger partial charge in [0.2, 0.25) is 0 Å². The monoisotopic (exact) mass is 285 g/mol. The van der Waals surface area contributed by atoms with Gasteiger partial charge in [-0.2, -0.15) is 0 Å². The number of methoxy groups -OCH3 is 2. The van der Waals surface area contributed by atoms with Crippen molar-refractivity contribution in [1.82, 2.24) is 14.5 Å². The Hall–Kier alpha value is -1.54. The Balaban J connectivity index is 2.23. The van der Waals surface area contributed by atoms with E-state index in [4.69, 9.17) is 9.47 Å². The quantitative estimate of drug-likeness (QED) is 0.740. The zero-order chi connectivity index (χ0) is 14.0. The number of rotatable bonds is 3. The van der Waals surface area contributed by atoms with Crippen LogP contribution in [0.3, 0.4) is 0 Å². The molecule has 0 aliphatic carbocycles. The number of hydrogen-bond acceptors (Lipinski definition) is 7. The lowest BCUT2D eigenvalue weighted by atomic mass is 10.2. The van der Waals surface area contributed by atoms with Gasteiger partial charge in [0.25, 0.3) is 5.91 Å². The number of likely N-dealkylation sites (tertiary alicyclic amines) is 1. The van der Waals surface area contributed by atoms with E-state index in [2.05, 4.69) is 9.59 Å². The van der Waals surface area contributed by atoms with Crippen LogP contribution in [0.5, 0.6) is 0 Å². The van der Waals surface area contributed by atoms with Gasteiger partial charge in [0, 0.05) is 20.1 Å². The number of hydrogen-bond donors (Lipinski definition) is 0. The molecule has 1 aliphatic rings. The van der Waals surface area contributed by atoms with Crippen LogP contribution in [-0.4, -0.2) is 59.3 Å². The third kappa shape index (κ3) is 2.59. The van der Waals surface area contributed by atoms with E-state index in [1.807, 2.05) is 0 Å². The van der Waals surface area contributed by atoms with Crippen molar-refractivity contribution in [2.24, 2.45) is 0 Å². The molecule has 1 aliphatic heterocycles. The fraction of sp³-hybridized carbons (Fsp3) is 0.636. The van der Waals surface area contributed by atoms with Gasteiger partial charge in [0.15, 0.2) is 0 Å². The van der Waals surface area contributed by atoms with Crippen LogP contribution in [0, 0.1) is 6.92 Å². The summed E-state index contributed by atoms with van der Waals surface area (Å²) < 4.78 is 13.7. The van der Waals surface area contributed by atoms with Crippen LogP contribution < -0.4 is 0 Å². The zero-order valence-electron chi connectivity index (χ0n) is 11.0. The Labute approximate surface area is 114 Å². The highest BCUT2D eigenvalue weighted by Gasteiger charge is 2.41. The van der Waals surface area contributed by atoms with Gasteiger partial charge in [0.1, 0.15) is 10.9 Å². The second-order valence-corrected chi connectivity index (χ2v) is 5.03. The summed E-state index contributed by atoms with van der Waals surface area (Å²) in [6, 6.07) is -0.607. The molecule has 1 aromatic rings. The minimum Gasteiger partial charge on any atom is -0.467 e. The molecule has 1 aromatic heterocycles. The summed E-state index contributed by atoms with van der Waals surface area (Å²) in [5.41, 5.74) is 0.569. The van der Waals surface area contributed by atoms with Gasteiger partial charge in [0.05, 0.1) is 18.9 Å².